The van der Waals surface area contributed by atoms with Crippen molar-refractivity contribution in [3.63, 3.8) is 0 Å². The van der Waals surface area contributed by atoms with Crippen LogP contribution in [0.1, 0.15) is 34.1 Å². The summed E-state index contributed by atoms with van der Waals surface area (Å²) in [5, 5.41) is 3.80. The Morgan fingerprint density at radius 1 is 0.838 bits per heavy atom. The summed E-state index contributed by atoms with van der Waals surface area (Å²) in [5.41, 5.74) is 0. The molecule has 37 heavy (non-hydrogen) atoms. The predicted molar refractivity (Wildman–Crippen MR) is 160 cm³/mol. The third-order valence-corrected chi connectivity index (χ3v) is 22.7. The van der Waals surface area contributed by atoms with Crippen molar-refractivity contribution in [1.29, 1.82) is 0 Å². The van der Waals surface area contributed by atoms with Gasteiger partial charge in [0.05, 0.1) is 6.10 Å². The summed E-state index contributed by atoms with van der Waals surface area (Å²) in [6, 6.07) is 32.4. The van der Waals surface area contributed by atoms with E-state index in [-0.39, 0.29) is 11.3 Å². The van der Waals surface area contributed by atoms with Gasteiger partial charge in [-0.25, -0.2) is 0 Å². The fourth-order valence-corrected chi connectivity index (χ4v) is 21.0. The van der Waals surface area contributed by atoms with Crippen LogP contribution < -0.4 is 15.6 Å². The summed E-state index contributed by atoms with van der Waals surface area (Å²) < 4.78 is 27.6. The lowest BCUT2D eigenvalue weighted by Crippen LogP contribution is -2.74. The molecule has 4 atom stereocenters. The third kappa shape index (κ3) is 5.63. The van der Waals surface area contributed by atoms with Gasteiger partial charge in [0, 0.05) is 24.3 Å². The van der Waals surface area contributed by atoms with Crippen LogP contribution in [0.4, 0.5) is 0 Å². The molecule has 4 rings (SSSR count). The van der Waals surface area contributed by atoms with E-state index in [9.17, 15) is 0 Å². The molecule has 0 saturated carbocycles. The van der Waals surface area contributed by atoms with E-state index in [0.717, 1.165) is 6.42 Å². The molecular formula is C30H42O4Si3. The van der Waals surface area contributed by atoms with E-state index in [2.05, 4.69) is 125 Å². The largest absolute Gasteiger partial charge is 0.503 e. The topological polar surface area (TPSA) is 36.9 Å². The fraction of sp³-hybridized carbons (Fsp3) is 0.400. The number of hydrogen-bond acceptors (Lipinski definition) is 4. The Bertz CT molecular complexity index is 1020. The van der Waals surface area contributed by atoms with E-state index in [1.165, 1.54) is 15.6 Å². The van der Waals surface area contributed by atoms with Gasteiger partial charge in [-0.15, -0.1) is 0 Å². The van der Waals surface area contributed by atoms with E-state index in [0.29, 0.717) is 19.1 Å². The Morgan fingerprint density at radius 3 is 1.70 bits per heavy atom. The molecule has 1 aliphatic heterocycles. The van der Waals surface area contributed by atoms with Crippen LogP contribution in [0.15, 0.2) is 91.0 Å². The van der Waals surface area contributed by atoms with E-state index in [1.54, 1.807) is 0 Å². The van der Waals surface area contributed by atoms with Crippen LogP contribution in [0.25, 0.3) is 0 Å². The Kier molecular flexibility index (Phi) is 9.06. The zero-order chi connectivity index (χ0) is 26.5. The van der Waals surface area contributed by atoms with Gasteiger partial charge in [-0.2, -0.15) is 0 Å². The highest BCUT2D eigenvalue weighted by Crippen LogP contribution is 2.40. The van der Waals surface area contributed by atoms with Crippen molar-refractivity contribution in [2.75, 3.05) is 13.2 Å². The lowest BCUT2D eigenvalue weighted by molar-refractivity contribution is -0.0531. The fourth-order valence-electron chi connectivity index (χ4n) is 5.43. The standard InChI is InChI=1S/C30H42O4Si3/c1-7-30-25(3)24-32-37(33-30,31-8-2)26(4)35(5,6)34-36(27-18-12-9-13-19-27,28-20-14-10-15-21-28)29-22-16-11-17-23-29/h9-23,25-26,30H,7-8,24H2,1-6H3. The van der Waals surface area contributed by atoms with Crippen molar-refractivity contribution in [2.45, 2.75) is 58.5 Å². The average molecular weight is 551 g/mol. The van der Waals surface area contributed by atoms with Gasteiger partial charge in [0.1, 0.15) is 0 Å². The highest BCUT2D eigenvalue weighted by atomic mass is 28.5. The number of hydrogen-bond donors (Lipinski definition) is 0. The van der Waals surface area contributed by atoms with Gasteiger partial charge in [0.25, 0.3) is 8.32 Å². The van der Waals surface area contributed by atoms with Gasteiger partial charge in [0.15, 0.2) is 8.32 Å². The average Bonchev–Trinajstić information content (AvgIpc) is 2.94. The van der Waals surface area contributed by atoms with Gasteiger partial charge in [-0.3, -0.25) is 0 Å². The van der Waals surface area contributed by atoms with Gasteiger partial charge in [-0.1, -0.05) is 112 Å². The molecule has 7 heteroatoms. The number of benzene rings is 3. The SMILES string of the molecule is CCO[Si]1(C(C)[Si](C)(C)O[Si](c2ccccc2)(c2ccccc2)c2ccccc2)OCC(C)C(CC)O1. The molecule has 1 saturated heterocycles. The molecule has 3 aromatic carbocycles. The Hall–Kier alpha value is -1.85. The molecule has 0 N–H and O–H groups in total. The molecule has 1 heterocycles. The van der Waals surface area contributed by atoms with Crippen molar-refractivity contribution >= 4 is 41.0 Å². The van der Waals surface area contributed by atoms with Gasteiger partial charge in [0.2, 0.25) is 0 Å². The summed E-state index contributed by atoms with van der Waals surface area (Å²) in [6.07, 6.45) is 1.11. The predicted octanol–water partition coefficient (Wildman–Crippen LogP) is 5.24. The normalized spacial score (nSPS) is 23.5. The van der Waals surface area contributed by atoms with Gasteiger partial charge >= 0.3 is 8.80 Å². The summed E-state index contributed by atoms with van der Waals surface area (Å²) in [5.74, 6) is 0.357. The molecule has 0 amide bonds. The van der Waals surface area contributed by atoms with Crippen LogP contribution in [0, 0.1) is 5.92 Å². The van der Waals surface area contributed by atoms with Crippen molar-refractivity contribution in [2.24, 2.45) is 5.92 Å². The first-order chi connectivity index (χ1) is 17.8. The first kappa shape index (κ1) is 28.2. The third-order valence-electron chi connectivity index (χ3n) is 7.78. The molecular weight excluding hydrogens is 509 g/mol. The Balaban J connectivity index is 1.85. The van der Waals surface area contributed by atoms with Gasteiger partial charge in [-0.05, 0) is 42.0 Å². The zero-order valence-electron chi connectivity index (χ0n) is 23.1. The van der Waals surface area contributed by atoms with Crippen molar-refractivity contribution in [1.82, 2.24) is 0 Å². The van der Waals surface area contributed by atoms with Crippen molar-refractivity contribution in [3.05, 3.63) is 91.0 Å². The van der Waals surface area contributed by atoms with Crippen LogP contribution in [0.2, 0.25) is 18.3 Å². The summed E-state index contributed by atoms with van der Waals surface area (Å²) in [6.45, 7) is 14.6. The van der Waals surface area contributed by atoms with E-state index in [4.69, 9.17) is 17.4 Å². The van der Waals surface area contributed by atoms with Gasteiger partial charge < -0.3 is 17.4 Å². The molecule has 1 aliphatic rings. The molecule has 0 aliphatic carbocycles. The van der Waals surface area contributed by atoms with E-state index in [1.807, 2.05) is 6.92 Å². The van der Waals surface area contributed by atoms with Crippen LogP contribution >= 0.6 is 0 Å². The maximum atomic E-state index is 7.74. The van der Waals surface area contributed by atoms with Crippen molar-refractivity contribution < 1.29 is 17.4 Å². The highest BCUT2D eigenvalue weighted by Gasteiger charge is 2.60. The first-order valence-corrected chi connectivity index (χ1v) is 20.3. The first-order valence-electron chi connectivity index (χ1n) is 13.6. The van der Waals surface area contributed by atoms with Crippen LogP contribution in [-0.2, 0) is 17.4 Å². The zero-order valence-corrected chi connectivity index (χ0v) is 26.1. The smallest absolute Gasteiger partial charge is 0.446 e. The molecule has 198 valence electrons. The quantitative estimate of drug-likeness (QED) is 0.256. The van der Waals surface area contributed by atoms with Crippen LogP contribution in [0.3, 0.4) is 0 Å². The molecule has 4 nitrogen and oxygen atoms in total. The Labute approximate surface area is 226 Å². The monoisotopic (exact) mass is 550 g/mol. The minimum absolute atomic E-state index is 0.0597. The minimum atomic E-state index is -2.99. The van der Waals surface area contributed by atoms with E-state index < -0.39 is 25.4 Å². The lowest BCUT2D eigenvalue weighted by Gasteiger charge is -2.49. The highest BCUT2D eigenvalue weighted by molar-refractivity contribution is 7.11. The van der Waals surface area contributed by atoms with E-state index >= 15 is 0 Å². The van der Waals surface area contributed by atoms with Crippen LogP contribution in [0.5, 0.6) is 0 Å². The molecule has 0 spiro atoms. The maximum Gasteiger partial charge on any atom is 0.503 e. The molecule has 0 radical (unpaired) electrons. The summed E-state index contributed by atoms with van der Waals surface area (Å²) in [7, 11) is -8.36. The molecule has 3 aromatic rings. The summed E-state index contributed by atoms with van der Waals surface area (Å²) >= 11 is 0. The molecule has 0 aromatic heterocycles. The maximum absolute atomic E-state index is 7.74. The molecule has 0 bridgehead atoms. The number of rotatable bonds is 10. The summed E-state index contributed by atoms with van der Waals surface area (Å²) in [4.78, 5) is 0. The Morgan fingerprint density at radius 2 is 1.30 bits per heavy atom. The van der Waals surface area contributed by atoms with Crippen LogP contribution in [-0.4, -0.2) is 44.8 Å². The van der Waals surface area contributed by atoms with Crippen molar-refractivity contribution in [3.8, 4) is 0 Å². The molecule has 4 unspecified atom stereocenters. The lowest BCUT2D eigenvalue weighted by atomic mass is 10.0. The second-order valence-electron chi connectivity index (χ2n) is 10.6. The minimum Gasteiger partial charge on any atom is -0.446 e. The second kappa shape index (κ2) is 11.9. The second-order valence-corrected chi connectivity index (χ2v) is 22.0. The molecule has 1 fully saturated rings.